The molecule has 0 aliphatic rings. The van der Waals surface area contributed by atoms with Gasteiger partial charge in [-0.05, 0) is 25.5 Å². The van der Waals surface area contributed by atoms with Crippen LogP contribution < -0.4 is 10.6 Å². The van der Waals surface area contributed by atoms with E-state index >= 15 is 0 Å². The van der Waals surface area contributed by atoms with Gasteiger partial charge in [-0.15, -0.1) is 0 Å². The third kappa shape index (κ3) is 3.79. The zero-order valence-electron chi connectivity index (χ0n) is 13.7. The Morgan fingerprint density at radius 1 is 1.22 bits per heavy atom. The number of unbranched alkanes of at least 4 members (excludes halogenated alkanes) is 1. The number of benzene rings is 1. The minimum absolute atomic E-state index is 0.0288. The fourth-order valence-electron chi connectivity index (χ4n) is 2.10. The second kappa shape index (κ2) is 6.95. The van der Waals surface area contributed by atoms with E-state index in [-0.39, 0.29) is 15.6 Å². The number of sulfone groups is 1. The van der Waals surface area contributed by atoms with Gasteiger partial charge in [0.2, 0.25) is 15.8 Å². The summed E-state index contributed by atoms with van der Waals surface area (Å²) >= 11 is 0. The molecule has 0 atom stereocenters. The van der Waals surface area contributed by atoms with Gasteiger partial charge in [-0.3, -0.25) is 0 Å². The lowest BCUT2D eigenvalue weighted by molar-refractivity contribution is 0.595. The first kappa shape index (κ1) is 17.2. The summed E-state index contributed by atoms with van der Waals surface area (Å²) < 4.78 is 25.3. The van der Waals surface area contributed by atoms with Gasteiger partial charge in [0.25, 0.3) is 0 Å². The molecule has 0 saturated heterocycles. The van der Waals surface area contributed by atoms with Crippen LogP contribution in [0.3, 0.4) is 0 Å². The van der Waals surface area contributed by atoms with Crippen molar-refractivity contribution >= 4 is 21.6 Å². The number of aryl methyl sites for hydroxylation is 1. The van der Waals surface area contributed by atoms with Crippen molar-refractivity contribution in [3.63, 3.8) is 0 Å². The highest BCUT2D eigenvalue weighted by Crippen LogP contribution is 2.25. The molecule has 0 saturated carbocycles. The van der Waals surface area contributed by atoms with Crippen LogP contribution in [0, 0.1) is 6.92 Å². The van der Waals surface area contributed by atoms with Gasteiger partial charge in [0.05, 0.1) is 11.1 Å². The first-order valence-corrected chi connectivity index (χ1v) is 9.00. The molecule has 0 fully saturated rings. The quantitative estimate of drug-likeness (QED) is 0.873. The lowest BCUT2D eigenvalue weighted by atomic mass is 10.2. The lowest BCUT2D eigenvalue weighted by Crippen LogP contribution is -2.22. The molecule has 124 valence electrons. The van der Waals surface area contributed by atoms with E-state index in [4.69, 9.17) is 5.73 Å². The van der Waals surface area contributed by atoms with E-state index in [9.17, 15) is 8.42 Å². The average molecular weight is 334 g/mol. The Balaban J connectivity index is 2.35. The minimum atomic E-state index is -3.71. The summed E-state index contributed by atoms with van der Waals surface area (Å²) in [5.74, 6) is 0.401. The van der Waals surface area contributed by atoms with Crippen molar-refractivity contribution in [2.24, 2.45) is 0 Å². The van der Waals surface area contributed by atoms with Crippen molar-refractivity contribution < 1.29 is 8.42 Å². The monoisotopic (exact) mass is 334 g/mol. The van der Waals surface area contributed by atoms with Crippen LogP contribution in [0.5, 0.6) is 0 Å². The van der Waals surface area contributed by atoms with Crippen LogP contribution >= 0.6 is 0 Å². The molecule has 1 heterocycles. The molecular formula is C16H22N4O2S. The Kier molecular flexibility index (Phi) is 5.20. The maximum absolute atomic E-state index is 12.6. The number of nitrogen functional groups attached to an aromatic ring is 1. The first-order chi connectivity index (χ1) is 10.9. The normalized spacial score (nSPS) is 11.4. The molecule has 0 aliphatic carbocycles. The Morgan fingerprint density at radius 3 is 2.43 bits per heavy atom. The van der Waals surface area contributed by atoms with Crippen LogP contribution in [0.15, 0.2) is 40.3 Å². The number of aromatic nitrogens is 2. The van der Waals surface area contributed by atoms with Gasteiger partial charge < -0.3 is 10.6 Å². The van der Waals surface area contributed by atoms with Gasteiger partial charge in [-0.25, -0.2) is 13.4 Å². The Morgan fingerprint density at radius 2 is 1.87 bits per heavy atom. The van der Waals surface area contributed by atoms with Crippen molar-refractivity contribution in [1.29, 1.82) is 0 Å². The summed E-state index contributed by atoms with van der Waals surface area (Å²) in [4.78, 5) is 10.3. The molecule has 6 nitrogen and oxygen atoms in total. The second-order valence-corrected chi connectivity index (χ2v) is 7.43. The van der Waals surface area contributed by atoms with E-state index in [1.165, 1.54) is 6.20 Å². The number of hydrogen-bond acceptors (Lipinski definition) is 6. The zero-order chi connectivity index (χ0) is 17.0. The molecule has 0 radical (unpaired) electrons. The minimum Gasteiger partial charge on any atom is -0.382 e. The van der Waals surface area contributed by atoms with E-state index < -0.39 is 9.84 Å². The summed E-state index contributed by atoms with van der Waals surface area (Å²) in [5.41, 5.74) is 6.87. The Hall–Kier alpha value is -2.15. The predicted molar refractivity (Wildman–Crippen MR) is 91.3 cm³/mol. The number of nitrogens with two attached hydrogens (primary N) is 1. The number of nitrogens with zero attached hydrogens (tertiary/aromatic N) is 3. The largest absolute Gasteiger partial charge is 0.382 e. The van der Waals surface area contributed by atoms with E-state index in [1.54, 1.807) is 24.3 Å². The van der Waals surface area contributed by atoms with Crippen LogP contribution in [0.4, 0.5) is 11.8 Å². The highest BCUT2D eigenvalue weighted by Gasteiger charge is 2.22. The van der Waals surface area contributed by atoms with Crippen LogP contribution in [-0.2, 0) is 9.84 Å². The van der Waals surface area contributed by atoms with E-state index in [0.29, 0.717) is 5.95 Å². The molecule has 1 aromatic carbocycles. The van der Waals surface area contributed by atoms with Gasteiger partial charge in [0, 0.05) is 13.6 Å². The molecule has 2 aromatic rings. The summed E-state index contributed by atoms with van der Waals surface area (Å²) in [6.45, 7) is 4.79. The lowest BCUT2D eigenvalue weighted by Gasteiger charge is -2.17. The van der Waals surface area contributed by atoms with Crippen LogP contribution in [0.1, 0.15) is 25.3 Å². The van der Waals surface area contributed by atoms with Gasteiger partial charge in [0.15, 0.2) is 0 Å². The van der Waals surface area contributed by atoms with E-state index in [0.717, 1.165) is 24.9 Å². The van der Waals surface area contributed by atoms with Gasteiger partial charge >= 0.3 is 0 Å². The van der Waals surface area contributed by atoms with Gasteiger partial charge in [0.1, 0.15) is 10.7 Å². The summed E-state index contributed by atoms with van der Waals surface area (Å²) in [6.07, 6.45) is 3.35. The average Bonchev–Trinajstić information content (AvgIpc) is 2.52. The van der Waals surface area contributed by atoms with Gasteiger partial charge in [-0.2, -0.15) is 4.98 Å². The van der Waals surface area contributed by atoms with Crippen molar-refractivity contribution in [1.82, 2.24) is 9.97 Å². The molecule has 0 bridgehead atoms. The van der Waals surface area contributed by atoms with Crippen molar-refractivity contribution in [3.05, 3.63) is 36.0 Å². The van der Waals surface area contributed by atoms with E-state index in [2.05, 4.69) is 16.9 Å². The third-order valence-electron chi connectivity index (χ3n) is 3.58. The smallest absolute Gasteiger partial charge is 0.227 e. The molecule has 2 N–H and O–H groups in total. The summed E-state index contributed by atoms with van der Waals surface area (Å²) in [5, 5.41) is 0. The molecule has 0 amide bonds. The maximum atomic E-state index is 12.6. The highest BCUT2D eigenvalue weighted by atomic mass is 32.2. The van der Waals surface area contributed by atoms with Crippen LogP contribution in [-0.4, -0.2) is 32.0 Å². The molecule has 0 aliphatic heterocycles. The highest BCUT2D eigenvalue weighted by molar-refractivity contribution is 7.91. The predicted octanol–water partition coefficient (Wildman–Crippen LogP) is 2.44. The number of rotatable bonds is 6. The molecule has 1 aromatic heterocycles. The topological polar surface area (TPSA) is 89.2 Å². The van der Waals surface area contributed by atoms with E-state index in [1.807, 2.05) is 18.9 Å². The molecule has 7 heteroatoms. The molecule has 0 unspecified atom stereocenters. The second-order valence-electron chi connectivity index (χ2n) is 5.51. The Labute approximate surface area is 137 Å². The number of anilines is 2. The SMILES string of the molecule is CCCCN(C)c1ncc(S(=O)(=O)c2ccc(C)cc2)c(N)n1. The van der Waals surface area contributed by atoms with Crippen LogP contribution in [0.2, 0.25) is 0 Å². The summed E-state index contributed by atoms with van der Waals surface area (Å²) in [7, 11) is -1.85. The third-order valence-corrected chi connectivity index (χ3v) is 5.37. The fraction of sp³-hybridized carbons (Fsp3) is 0.375. The summed E-state index contributed by atoms with van der Waals surface area (Å²) in [6, 6.07) is 6.62. The molecule has 23 heavy (non-hydrogen) atoms. The molecular weight excluding hydrogens is 312 g/mol. The molecule has 2 rings (SSSR count). The Bertz CT molecular complexity index is 773. The van der Waals surface area contributed by atoms with Crippen molar-refractivity contribution in [2.75, 3.05) is 24.2 Å². The maximum Gasteiger partial charge on any atom is 0.227 e. The van der Waals surface area contributed by atoms with Crippen molar-refractivity contribution in [3.8, 4) is 0 Å². The molecule has 0 spiro atoms. The fourth-order valence-corrected chi connectivity index (χ4v) is 3.37. The van der Waals surface area contributed by atoms with Gasteiger partial charge in [-0.1, -0.05) is 31.0 Å². The zero-order valence-corrected chi connectivity index (χ0v) is 14.5. The first-order valence-electron chi connectivity index (χ1n) is 7.51. The van der Waals surface area contributed by atoms with Crippen LogP contribution in [0.25, 0.3) is 0 Å². The van der Waals surface area contributed by atoms with Crippen molar-refractivity contribution in [2.45, 2.75) is 36.5 Å². The standard InChI is InChI=1S/C16H22N4O2S/c1-4-5-10-20(3)16-18-11-14(15(17)19-16)23(21,22)13-8-6-12(2)7-9-13/h6-9,11H,4-5,10H2,1-3H3,(H2,17,18,19). The number of hydrogen-bond donors (Lipinski definition) is 1.